The molecule has 112 valence electrons. The number of hydrogen-bond acceptors (Lipinski definition) is 3. The summed E-state index contributed by atoms with van der Waals surface area (Å²) >= 11 is 4.96. The van der Waals surface area contributed by atoms with Gasteiger partial charge in [-0.2, -0.15) is 0 Å². The fourth-order valence-corrected chi connectivity index (χ4v) is 2.62. The van der Waals surface area contributed by atoms with E-state index < -0.39 is 0 Å². The predicted molar refractivity (Wildman–Crippen MR) is 85.9 cm³/mol. The number of thiocarbonyl (C=S) groups is 1. The van der Waals surface area contributed by atoms with E-state index in [1.54, 1.807) is 17.0 Å². The van der Waals surface area contributed by atoms with E-state index in [0.29, 0.717) is 30.1 Å². The number of likely N-dealkylation sites (tertiary alicyclic amines) is 1. The maximum atomic E-state index is 12.0. The average Bonchev–Trinajstić information content (AvgIpc) is 2.75. The average molecular weight is 305 g/mol. The van der Waals surface area contributed by atoms with E-state index in [1.165, 1.54) is 0 Å². The molecule has 1 fully saturated rings. The largest absolute Gasteiger partial charge is 0.389 e. The summed E-state index contributed by atoms with van der Waals surface area (Å²) in [5.74, 6) is 0.348. The summed E-state index contributed by atoms with van der Waals surface area (Å²) in [6.45, 7) is 3.22. The van der Waals surface area contributed by atoms with Crippen molar-refractivity contribution in [2.45, 2.75) is 19.8 Å². The predicted octanol–water partition coefficient (Wildman–Crippen LogP) is 1.52. The minimum atomic E-state index is -0.147. The Balaban J connectivity index is 1.91. The van der Waals surface area contributed by atoms with Crippen LogP contribution < -0.4 is 11.1 Å². The monoisotopic (exact) mass is 305 g/mol. The third-order valence-corrected chi connectivity index (χ3v) is 3.70. The van der Waals surface area contributed by atoms with Gasteiger partial charge in [0.15, 0.2) is 0 Å². The summed E-state index contributed by atoms with van der Waals surface area (Å²) in [6, 6.07) is 7.15. The maximum absolute atomic E-state index is 12.0. The first-order valence-corrected chi connectivity index (χ1v) is 7.34. The van der Waals surface area contributed by atoms with Gasteiger partial charge in [0, 0.05) is 31.5 Å². The normalized spacial score (nSPS) is 17.9. The van der Waals surface area contributed by atoms with Crippen LogP contribution in [0.25, 0.3) is 0 Å². The molecule has 1 atom stereocenters. The van der Waals surface area contributed by atoms with Crippen molar-refractivity contribution in [3.05, 3.63) is 29.8 Å². The number of carbonyl (C=O) groups is 2. The van der Waals surface area contributed by atoms with E-state index in [2.05, 4.69) is 5.32 Å². The highest BCUT2D eigenvalue weighted by Gasteiger charge is 2.26. The number of nitrogens with zero attached hydrogens (tertiary/aromatic N) is 1. The molecular formula is C15H19N3O2S. The second kappa shape index (κ2) is 6.67. The van der Waals surface area contributed by atoms with Gasteiger partial charge in [-0.25, -0.2) is 0 Å². The van der Waals surface area contributed by atoms with Gasteiger partial charge in [-0.3, -0.25) is 9.59 Å². The zero-order chi connectivity index (χ0) is 15.4. The molecule has 0 spiro atoms. The van der Waals surface area contributed by atoms with Gasteiger partial charge >= 0.3 is 0 Å². The molecule has 1 aromatic rings. The van der Waals surface area contributed by atoms with Gasteiger partial charge in [0.25, 0.3) is 0 Å². The van der Waals surface area contributed by atoms with Crippen LogP contribution in [-0.4, -0.2) is 34.8 Å². The molecule has 0 aromatic heterocycles. The Bertz CT molecular complexity index is 574. The lowest BCUT2D eigenvalue weighted by Crippen LogP contribution is -2.29. The molecule has 1 saturated heterocycles. The lowest BCUT2D eigenvalue weighted by atomic mass is 10.1. The van der Waals surface area contributed by atoms with Crippen LogP contribution in [0.3, 0.4) is 0 Å². The lowest BCUT2D eigenvalue weighted by molar-refractivity contribution is -0.128. The zero-order valence-electron chi connectivity index (χ0n) is 12.0. The molecule has 1 unspecified atom stereocenters. The Labute approximate surface area is 129 Å². The number of nitrogens with one attached hydrogen (secondary N) is 1. The van der Waals surface area contributed by atoms with E-state index in [0.717, 1.165) is 6.54 Å². The molecule has 2 rings (SSSR count). The molecule has 1 aliphatic rings. The summed E-state index contributed by atoms with van der Waals surface area (Å²) in [6.07, 6.45) is 0.843. The van der Waals surface area contributed by atoms with Crippen LogP contribution in [0.4, 0.5) is 5.69 Å². The molecule has 0 saturated carbocycles. The molecule has 5 nitrogen and oxygen atoms in total. The van der Waals surface area contributed by atoms with E-state index in [9.17, 15) is 9.59 Å². The molecule has 0 radical (unpaired) electrons. The van der Waals surface area contributed by atoms with Gasteiger partial charge in [0.1, 0.15) is 4.99 Å². The number of rotatable bonds is 5. The first-order chi connectivity index (χ1) is 9.97. The SMILES string of the molecule is CC1CC(=O)N(CCC(=O)Nc2ccccc2C(N)=S)C1. The number of hydrogen-bond donors (Lipinski definition) is 2. The second-order valence-electron chi connectivity index (χ2n) is 5.36. The molecule has 0 bridgehead atoms. The highest BCUT2D eigenvalue weighted by atomic mass is 32.1. The van der Waals surface area contributed by atoms with Crippen LogP contribution in [0, 0.1) is 5.92 Å². The van der Waals surface area contributed by atoms with E-state index in [1.807, 2.05) is 19.1 Å². The van der Waals surface area contributed by atoms with E-state index in [-0.39, 0.29) is 23.2 Å². The highest BCUT2D eigenvalue weighted by molar-refractivity contribution is 7.80. The third kappa shape index (κ3) is 4.01. The van der Waals surface area contributed by atoms with Crippen molar-refractivity contribution in [1.29, 1.82) is 0 Å². The van der Waals surface area contributed by atoms with Crippen molar-refractivity contribution in [1.82, 2.24) is 4.90 Å². The van der Waals surface area contributed by atoms with Crippen molar-refractivity contribution >= 4 is 34.7 Å². The molecule has 1 heterocycles. The van der Waals surface area contributed by atoms with Crippen LogP contribution in [0.15, 0.2) is 24.3 Å². The van der Waals surface area contributed by atoms with E-state index >= 15 is 0 Å². The molecule has 3 N–H and O–H groups in total. The Morgan fingerprint density at radius 3 is 2.81 bits per heavy atom. The molecular weight excluding hydrogens is 286 g/mol. The Hall–Kier alpha value is -1.95. The number of benzene rings is 1. The minimum absolute atomic E-state index is 0.124. The van der Waals surface area contributed by atoms with Gasteiger partial charge in [-0.15, -0.1) is 0 Å². The number of para-hydroxylation sites is 1. The molecule has 2 amide bonds. The Morgan fingerprint density at radius 1 is 1.48 bits per heavy atom. The Morgan fingerprint density at radius 2 is 2.19 bits per heavy atom. The maximum Gasteiger partial charge on any atom is 0.226 e. The van der Waals surface area contributed by atoms with Gasteiger partial charge < -0.3 is 16.0 Å². The highest BCUT2D eigenvalue weighted by Crippen LogP contribution is 2.18. The minimum Gasteiger partial charge on any atom is -0.389 e. The molecule has 21 heavy (non-hydrogen) atoms. The Kier molecular flexibility index (Phi) is 4.90. The third-order valence-electron chi connectivity index (χ3n) is 3.48. The van der Waals surface area contributed by atoms with E-state index in [4.69, 9.17) is 18.0 Å². The molecule has 0 aliphatic carbocycles. The molecule has 1 aromatic carbocycles. The topological polar surface area (TPSA) is 75.4 Å². The summed E-state index contributed by atoms with van der Waals surface area (Å²) < 4.78 is 0. The second-order valence-corrected chi connectivity index (χ2v) is 5.80. The van der Waals surface area contributed by atoms with Crippen LogP contribution >= 0.6 is 12.2 Å². The van der Waals surface area contributed by atoms with Crippen LogP contribution in [0.2, 0.25) is 0 Å². The van der Waals surface area contributed by atoms with Crippen molar-refractivity contribution in [2.24, 2.45) is 11.7 Å². The van der Waals surface area contributed by atoms with Gasteiger partial charge in [0.05, 0.1) is 5.69 Å². The first-order valence-electron chi connectivity index (χ1n) is 6.94. The van der Waals surface area contributed by atoms with Crippen molar-refractivity contribution in [2.75, 3.05) is 18.4 Å². The van der Waals surface area contributed by atoms with Gasteiger partial charge in [0.2, 0.25) is 11.8 Å². The smallest absolute Gasteiger partial charge is 0.226 e. The summed E-state index contributed by atoms with van der Waals surface area (Å²) in [7, 11) is 0. The van der Waals surface area contributed by atoms with Crippen LogP contribution in [0.1, 0.15) is 25.3 Å². The quantitative estimate of drug-likeness (QED) is 0.809. The lowest BCUT2D eigenvalue weighted by Gasteiger charge is -2.16. The molecule has 1 aliphatic heterocycles. The fourth-order valence-electron chi connectivity index (χ4n) is 2.44. The number of nitrogens with two attached hydrogens (primary N) is 1. The zero-order valence-corrected chi connectivity index (χ0v) is 12.8. The first kappa shape index (κ1) is 15.4. The summed E-state index contributed by atoms with van der Waals surface area (Å²) in [4.78, 5) is 25.6. The number of carbonyl (C=O) groups excluding carboxylic acids is 2. The standard InChI is InChI=1S/C15H19N3O2S/c1-10-8-14(20)18(9-10)7-6-13(19)17-12-5-3-2-4-11(12)15(16)21/h2-5,10H,6-9H2,1H3,(H2,16,21)(H,17,19). The van der Waals surface area contributed by atoms with Crippen molar-refractivity contribution < 1.29 is 9.59 Å². The van der Waals surface area contributed by atoms with Crippen molar-refractivity contribution in [3.63, 3.8) is 0 Å². The van der Waals surface area contributed by atoms with Gasteiger partial charge in [-0.1, -0.05) is 31.3 Å². The number of anilines is 1. The number of amides is 2. The fraction of sp³-hybridized carbons (Fsp3) is 0.400. The van der Waals surface area contributed by atoms with Crippen LogP contribution in [-0.2, 0) is 9.59 Å². The van der Waals surface area contributed by atoms with Crippen LogP contribution in [0.5, 0.6) is 0 Å². The van der Waals surface area contributed by atoms with Crippen molar-refractivity contribution in [3.8, 4) is 0 Å². The molecule has 6 heteroatoms. The van der Waals surface area contributed by atoms with Gasteiger partial charge in [-0.05, 0) is 18.1 Å². The summed E-state index contributed by atoms with van der Waals surface area (Å²) in [5, 5.41) is 2.80. The summed E-state index contributed by atoms with van der Waals surface area (Å²) in [5.41, 5.74) is 6.88.